The first-order valence-corrected chi connectivity index (χ1v) is 12.2. The van der Waals surface area contributed by atoms with Crippen molar-refractivity contribution in [1.29, 1.82) is 0 Å². The largest absolute Gasteiger partial charge is 0.352 e. The molecule has 1 aromatic carbocycles. The lowest BCUT2D eigenvalue weighted by Crippen LogP contribution is -2.44. The third-order valence-electron chi connectivity index (χ3n) is 5.72. The van der Waals surface area contributed by atoms with Crippen LogP contribution in [0.1, 0.15) is 40.0 Å². The van der Waals surface area contributed by atoms with Crippen molar-refractivity contribution >= 4 is 38.7 Å². The molecule has 1 amide bonds. The van der Waals surface area contributed by atoms with Gasteiger partial charge in [-0.05, 0) is 43.4 Å². The number of fused-ring (bicyclic) bond motifs is 1. The van der Waals surface area contributed by atoms with E-state index in [2.05, 4.69) is 24.1 Å². The monoisotopic (exact) mass is 424 g/mol. The van der Waals surface area contributed by atoms with Gasteiger partial charge in [-0.1, -0.05) is 38.5 Å². The summed E-state index contributed by atoms with van der Waals surface area (Å²) in [5, 5.41) is 9.09. The number of nitrogens with zero attached hydrogens (tertiary/aromatic N) is 2. The van der Waals surface area contributed by atoms with E-state index < -0.39 is 10.0 Å². The van der Waals surface area contributed by atoms with Gasteiger partial charge in [-0.2, -0.15) is 0 Å². The van der Waals surface area contributed by atoms with Gasteiger partial charge in [-0.25, -0.2) is 18.5 Å². The van der Waals surface area contributed by atoms with Crippen molar-refractivity contribution in [1.82, 2.24) is 14.9 Å². The van der Waals surface area contributed by atoms with E-state index in [0.29, 0.717) is 29.1 Å². The van der Waals surface area contributed by atoms with Gasteiger partial charge < -0.3 is 9.88 Å². The molecule has 28 heavy (non-hydrogen) atoms. The highest BCUT2D eigenvalue weighted by Gasteiger charge is 2.28. The van der Waals surface area contributed by atoms with Gasteiger partial charge in [0, 0.05) is 12.6 Å². The van der Waals surface area contributed by atoms with Crippen molar-refractivity contribution in [2.24, 2.45) is 17.0 Å². The minimum Gasteiger partial charge on any atom is -0.352 e. The number of aromatic nitrogens is 2. The fourth-order valence-electron chi connectivity index (χ4n) is 3.84. The van der Waals surface area contributed by atoms with Crippen LogP contribution in [0.2, 0.25) is 0 Å². The Bertz CT molecular complexity index is 971. The van der Waals surface area contributed by atoms with Crippen molar-refractivity contribution in [3.8, 4) is 0 Å². The Morgan fingerprint density at radius 2 is 2.11 bits per heavy atom. The van der Waals surface area contributed by atoms with Crippen molar-refractivity contribution in [3.63, 3.8) is 0 Å². The molecule has 0 saturated heterocycles. The Morgan fingerprint density at radius 3 is 2.79 bits per heavy atom. The number of aryl methyl sites for hydroxylation is 1. The number of nitrogens with one attached hydrogen (secondary N) is 1. The van der Waals surface area contributed by atoms with E-state index in [1.165, 1.54) is 30.3 Å². The molecule has 3 atom stereocenters. The normalized spacial score (nSPS) is 23.1. The molecule has 1 fully saturated rings. The molecular formula is C19H28N4O3S2. The Balaban J connectivity index is 1.72. The van der Waals surface area contributed by atoms with E-state index in [9.17, 15) is 13.2 Å². The van der Waals surface area contributed by atoms with Crippen LogP contribution in [0.3, 0.4) is 0 Å². The lowest BCUT2D eigenvalue weighted by atomic mass is 9.78. The van der Waals surface area contributed by atoms with Crippen LogP contribution in [-0.2, 0) is 21.4 Å². The van der Waals surface area contributed by atoms with E-state index in [4.69, 9.17) is 5.14 Å². The number of hydrogen-bond acceptors (Lipinski definition) is 5. The molecule has 3 rings (SSSR count). The number of primary sulfonamides is 1. The zero-order valence-corrected chi connectivity index (χ0v) is 18.1. The molecule has 1 saturated carbocycles. The second kappa shape index (κ2) is 8.42. The summed E-state index contributed by atoms with van der Waals surface area (Å²) in [5.41, 5.74) is 1.39. The minimum atomic E-state index is -3.78. The summed E-state index contributed by atoms with van der Waals surface area (Å²) in [6, 6.07) is 4.91. The molecule has 1 aromatic heterocycles. The molecule has 154 valence electrons. The Morgan fingerprint density at radius 1 is 1.36 bits per heavy atom. The Labute approximate surface area is 170 Å². The van der Waals surface area contributed by atoms with Gasteiger partial charge in [0.1, 0.15) is 0 Å². The average molecular weight is 425 g/mol. The van der Waals surface area contributed by atoms with E-state index >= 15 is 0 Å². The van der Waals surface area contributed by atoms with Gasteiger partial charge in [-0.3, -0.25) is 4.79 Å². The Hall–Kier alpha value is -1.58. The zero-order chi connectivity index (χ0) is 20.5. The quantitative estimate of drug-likeness (QED) is 0.694. The molecular weight excluding hydrogens is 396 g/mol. The second-order valence-corrected chi connectivity index (χ2v) is 10.1. The maximum Gasteiger partial charge on any atom is 0.238 e. The van der Waals surface area contributed by atoms with Crippen LogP contribution >= 0.6 is 11.8 Å². The van der Waals surface area contributed by atoms with E-state index in [1.54, 1.807) is 6.07 Å². The van der Waals surface area contributed by atoms with Gasteiger partial charge in [-0.15, -0.1) is 0 Å². The highest BCUT2D eigenvalue weighted by atomic mass is 32.2. The number of hydrogen-bond donors (Lipinski definition) is 2. The molecule has 9 heteroatoms. The first kappa shape index (κ1) is 21.1. The number of nitrogens with two attached hydrogens (primary N) is 1. The number of carbonyl (C=O) groups excluding carboxylic acids is 1. The number of sulfonamides is 1. The highest BCUT2D eigenvalue weighted by molar-refractivity contribution is 7.99. The predicted molar refractivity (Wildman–Crippen MR) is 112 cm³/mol. The number of imidazole rings is 1. The summed E-state index contributed by atoms with van der Waals surface area (Å²) in [6.45, 7) is 7.12. The molecule has 0 unspecified atom stereocenters. The SMILES string of the molecule is CCn1c(SCC(=O)N[C@@H]2CCC[C@@H](C)[C@@H]2C)nc2cc(S(N)(=O)=O)ccc21. The van der Waals surface area contributed by atoms with E-state index in [0.717, 1.165) is 18.4 Å². The first-order chi connectivity index (χ1) is 13.2. The van der Waals surface area contributed by atoms with Gasteiger partial charge >= 0.3 is 0 Å². The highest BCUT2D eigenvalue weighted by Crippen LogP contribution is 2.30. The first-order valence-electron chi connectivity index (χ1n) is 9.66. The summed E-state index contributed by atoms with van der Waals surface area (Å²) < 4.78 is 25.1. The summed E-state index contributed by atoms with van der Waals surface area (Å²) in [4.78, 5) is 17.0. The lowest BCUT2D eigenvalue weighted by molar-refractivity contribution is -0.120. The molecule has 0 bridgehead atoms. The number of thioether (sulfide) groups is 1. The molecule has 1 aliphatic carbocycles. The molecule has 7 nitrogen and oxygen atoms in total. The maximum absolute atomic E-state index is 12.5. The van der Waals surface area contributed by atoms with E-state index in [-0.39, 0.29) is 22.6 Å². The predicted octanol–water partition coefficient (Wildman–Crippen LogP) is 2.74. The van der Waals surface area contributed by atoms with Gasteiger partial charge in [0.05, 0.1) is 21.7 Å². The molecule has 0 aliphatic heterocycles. The van der Waals surface area contributed by atoms with Crippen molar-refractivity contribution in [2.75, 3.05) is 5.75 Å². The topological polar surface area (TPSA) is 107 Å². The van der Waals surface area contributed by atoms with Gasteiger partial charge in [0.2, 0.25) is 15.9 Å². The van der Waals surface area contributed by atoms with Crippen LogP contribution in [0.15, 0.2) is 28.3 Å². The molecule has 1 aliphatic rings. The van der Waals surface area contributed by atoms with Crippen LogP contribution in [0.5, 0.6) is 0 Å². The second-order valence-electron chi connectivity index (χ2n) is 7.56. The number of rotatable bonds is 6. The lowest BCUT2D eigenvalue weighted by Gasteiger charge is -2.34. The number of amides is 1. The molecule has 2 aromatic rings. The smallest absolute Gasteiger partial charge is 0.238 e. The van der Waals surface area contributed by atoms with Crippen molar-refractivity contribution in [2.45, 2.75) is 62.7 Å². The fraction of sp³-hybridized carbons (Fsp3) is 0.579. The summed E-state index contributed by atoms with van der Waals surface area (Å²) in [7, 11) is -3.78. The molecule has 0 spiro atoms. The molecule has 0 radical (unpaired) electrons. The van der Waals surface area contributed by atoms with Crippen LogP contribution in [0, 0.1) is 11.8 Å². The van der Waals surface area contributed by atoms with Crippen molar-refractivity contribution in [3.05, 3.63) is 18.2 Å². The third-order valence-corrected chi connectivity index (χ3v) is 7.60. The van der Waals surface area contributed by atoms with Gasteiger partial charge in [0.25, 0.3) is 0 Å². The van der Waals surface area contributed by atoms with Crippen LogP contribution in [0.4, 0.5) is 0 Å². The number of benzene rings is 1. The third kappa shape index (κ3) is 4.52. The fourth-order valence-corrected chi connectivity index (χ4v) is 5.27. The summed E-state index contributed by atoms with van der Waals surface area (Å²) in [6.07, 6.45) is 3.41. The number of carbonyl (C=O) groups is 1. The average Bonchev–Trinajstić information content (AvgIpc) is 2.99. The summed E-state index contributed by atoms with van der Waals surface area (Å²) in [5.74, 6) is 1.41. The maximum atomic E-state index is 12.5. The van der Waals surface area contributed by atoms with Gasteiger partial charge in [0.15, 0.2) is 5.16 Å². The standard InChI is InChI=1S/C19H28N4O3S2/c1-4-23-17-9-8-14(28(20,25)26)10-16(17)22-19(23)27-11-18(24)21-15-7-5-6-12(2)13(15)3/h8-10,12-13,15H,4-7,11H2,1-3H3,(H,21,24)(H2,20,25,26)/t12-,13+,15-/m1/s1. The van der Waals surface area contributed by atoms with Crippen LogP contribution < -0.4 is 10.5 Å². The van der Waals surface area contributed by atoms with Crippen LogP contribution in [0.25, 0.3) is 11.0 Å². The van der Waals surface area contributed by atoms with E-state index in [1.807, 2.05) is 11.5 Å². The van der Waals surface area contributed by atoms with Crippen molar-refractivity contribution < 1.29 is 13.2 Å². The molecule has 3 N–H and O–H groups in total. The van der Waals surface area contributed by atoms with Crippen LogP contribution in [-0.4, -0.2) is 35.7 Å². The zero-order valence-electron chi connectivity index (χ0n) is 16.5. The minimum absolute atomic E-state index is 0.0101. The molecule has 1 heterocycles. The summed E-state index contributed by atoms with van der Waals surface area (Å²) >= 11 is 1.37. The Kier molecular flexibility index (Phi) is 6.36.